The Labute approximate surface area is 167 Å². The summed E-state index contributed by atoms with van der Waals surface area (Å²) in [4.78, 5) is 14.6. The van der Waals surface area contributed by atoms with Crippen molar-refractivity contribution in [1.29, 1.82) is 0 Å². The molecule has 150 valence electrons. The molecule has 0 bridgehead atoms. The molecule has 5 N–H and O–H groups in total. The van der Waals surface area contributed by atoms with Crippen LogP contribution in [0, 0.1) is 0 Å². The summed E-state index contributed by atoms with van der Waals surface area (Å²) >= 11 is 0. The lowest BCUT2D eigenvalue weighted by molar-refractivity contribution is 0.374. The summed E-state index contributed by atoms with van der Waals surface area (Å²) in [5, 5.41) is 10.4. The minimum atomic E-state index is -1.12. The molecule has 0 saturated heterocycles. The minimum absolute atomic E-state index is 0.0372. The van der Waals surface area contributed by atoms with Gasteiger partial charge in [0.2, 0.25) is 5.96 Å². The second kappa shape index (κ2) is 6.41. The van der Waals surface area contributed by atoms with Gasteiger partial charge in [-0.25, -0.2) is 14.4 Å². The summed E-state index contributed by atoms with van der Waals surface area (Å²) in [7, 11) is 1.94. The van der Waals surface area contributed by atoms with E-state index in [1.54, 1.807) is 12.3 Å². The summed E-state index contributed by atoms with van der Waals surface area (Å²) in [6, 6.07) is 7.74. The lowest BCUT2D eigenvalue weighted by Crippen LogP contribution is -2.46. The van der Waals surface area contributed by atoms with E-state index in [1.807, 2.05) is 42.4 Å². The van der Waals surface area contributed by atoms with E-state index in [0.717, 1.165) is 22.4 Å². The molecule has 0 amide bonds. The van der Waals surface area contributed by atoms with Gasteiger partial charge < -0.3 is 15.2 Å². The quantitative estimate of drug-likeness (QED) is 0.543. The number of nitrogens with one attached hydrogen (secondary N) is 3. The molecular formula is C20H23FN8. The first-order chi connectivity index (χ1) is 13.9. The number of fused-ring (bicyclic) bond motifs is 1. The highest BCUT2D eigenvalue weighted by Gasteiger charge is 2.41. The van der Waals surface area contributed by atoms with Crippen LogP contribution in [0.2, 0.25) is 0 Å². The van der Waals surface area contributed by atoms with Crippen molar-refractivity contribution in [3.05, 3.63) is 59.8 Å². The Morgan fingerprint density at radius 3 is 2.97 bits per heavy atom. The molecule has 3 aromatic heterocycles. The van der Waals surface area contributed by atoms with Gasteiger partial charge in [0.1, 0.15) is 11.9 Å². The first-order valence-electron chi connectivity index (χ1n) is 9.64. The van der Waals surface area contributed by atoms with Crippen LogP contribution in [-0.4, -0.2) is 44.2 Å². The van der Waals surface area contributed by atoms with Gasteiger partial charge in [-0.15, -0.1) is 0 Å². The SMILES string of the molecule is C[C@@H](c1ccc2[nH]ccc2n1)N(C)C1=NC(N)(c2cc([C@H]3C[C@H]3F)[nH]n2)C=CN1. The molecule has 1 unspecified atom stereocenters. The van der Waals surface area contributed by atoms with Crippen molar-refractivity contribution in [2.24, 2.45) is 10.7 Å². The van der Waals surface area contributed by atoms with Crippen LogP contribution in [0.1, 0.15) is 42.4 Å². The Balaban J connectivity index is 1.40. The highest BCUT2D eigenvalue weighted by atomic mass is 19.1. The molecular weight excluding hydrogens is 371 g/mol. The third-order valence-electron chi connectivity index (χ3n) is 5.73. The summed E-state index contributed by atoms with van der Waals surface area (Å²) in [5.74, 6) is 0.504. The predicted molar refractivity (Wildman–Crippen MR) is 109 cm³/mol. The number of aromatic nitrogens is 4. The summed E-state index contributed by atoms with van der Waals surface area (Å²) in [5.41, 5.74) is 9.60. The van der Waals surface area contributed by atoms with Crippen molar-refractivity contribution in [3.8, 4) is 0 Å². The van der Waals surface area contributed by atoms with Gasteiger partial charge in [-0.1, -0.05) is 0 Å². The first-order valence-corrected chi connectivity index (χ1v) is 9.64. The summed E-state index contributed by atoms with van der Waals surface area (Å²) in [6.45, 7) is 2.06. The van der Waals surface area contributed by atoms with E-state index >= 15 is 0 Å². The summed E-state index contributed by atoms with van der Waals surface area (Å²) < 4.78 is 13.4. The van der Waals surface area contributed by atoms with Gasteiger partial charge in [-0.2, -0.15) is 5.10 Å². The average Bonchev–Trinajstić information content (AvgIpc) is 3.15. The molecule has 9 heteroatoms. The van der Waals surface area contributed by atoms with Gasteiger partial charge in [0.05, 0.1) is 22.8 Å². The lowest BCUT2D eigenvalue weighted by Gasteiger charge is -2.32. The number of pyridine rings is 1. The number of hydrogen-bond donors (Lipinski definition) is 4. The van der Waals surface area contributed by atoms with Gasteiger partial charge in [0, 0.05) is 31.1 Å². The van der Waals surface area contributed by atoms with Crippen LogP contribution >= 0.6 is 0 Å². The minimum Gasteiger partial charge on any atom is -0.360 e. The van der Waals surface area contributed by atoms with Gasteiger partial charge in [-0.3, -0.25) is 10.8 Å². The molecule has 1 saturated carbocycles. The maximum absolute atomic E-state index is 13.4. The standard InChI is InChI=1S/C20H23FN8/c1-11(14-3-4-15-16(25-14)5-7-23-15)29(2)19-24-8-6-20(22,26-19)18-10-17(27-28-18)12-9-13(12)21/h3-8,10-13,23H,9,22H2,1-2H3,(H,24,26)(H,27,28)/t11-,12-,13+,20?/m0/s1. The predicted octanol–water partition coefficient (Wildman–Crippen LogP) is 2.39. The van der Waals surface area contributed by atoms with Crippen molar-refractivity contribution >= 4 is 17.0 Å². The average molecular weight is 394 g/mol. The van der Waals surface area contributed by atoms with E-state index in [9.17, 15) is 4.39 Å². The highest BCUT2D eigenvalue weighted by molar-refractivity contribution is 5.83. The Morgan fingerprint density at radius 2 is 2.17 bits per heavy atom. The highest BCUT2D eigenvalue weighted by Crippen LogP contribution is 2.43. The van der Waals surface area contributed by atoms with Crippen molar-refractivity contribution < 1.29 is 4.39 Å². The monoisotopic (exact) mass is 394 g/mol. The Hall–Kier alpha value is -3.20. The maximum Gasteiger partial charge on any atom is 0.200 e. The molecule has 0 spiro atoms. The molecule has 4 heterocycles. The third kappa shape index (κ3) is 3.07. The molecule has 4 atom stereocenters. The van der Waals surface area contributed by atoms with E-state index in [1.165, 1.54) is 0 Å². The normalized spacial score (nSPS) is 26.8. The molecule has 1 aliphatic carbocycles. The molecule has 1 fully saturated rings. The van der Waals surface area contributed by atoms with Crippen molar-refractivity contribution in [1.82, 2.24) is 30.4 Å². The Kier molecular flexibility index (Phi) is 3.95. The van der Waals surface area contributed by atoms with E-state index in [0.29, 0.717) is 18.1 Å². The van der Waals surface area contributed by atoms with Gasteiger partial charge in [0.15, 0.2) is 5.66 Å². The number of H-pyrrole nitrogens is 2. The van der Waals surface area contributed by atoms with E-state index in [2.05, 4.69) is 27.4 Å². The van der Waals surface area contributed by atoms with Crippen molar-refractivity contribution in [2.75, 3.05) is 7.05 Å². The molecule has 5 rings (SSSR count). The van der Waals surface area contributed by atoms with E-state index in [4.69, 9.17) is 15.7 Å². The van der Waals surface area contributed by atoms with E-state index in [-0.39, 0.29) is 12.0 Å². The smallest absolute Gasteiger partial charge is 0.200 e. The largest absolute Gasteiger partial charge is 0.360 e. The number of nitrogens with zero attached hydrogens (tertiary/aromatic N) is 4. The number of guanidine groups is 1. The number of alkyl halides is 1. The fraction of sp³-hybridized carbons (Fsp3) is 0.350. The molecule has 0 radical (unpaired) electrons. The second-order valence-corrected chi connectivity index (χ2v) is 7.74. The number of hydrogen-bond acceptors (Lipinski definition) is 6. The van der Waals surface area contributed by atoms with Gasteiger partial charge in [-0.05, 0) is 43.7 Å². The number of aromatic amines is 2. The number of nitrogens with two attached hydrogens (primary N) is 1. The van der Waals surface area contributed by atoms with Crippen molar-refractivity contribution in [2.45, 2.75) is 37.1 Å². The lowest BCUT2D eigenvalue weighted by atomic mass is 10.1. The van der Waals surface area contributed by atoms with Crippen LogP contribution in [0.3, 0.4) is 0 Å². The zero-order valence-corrected chi connectivity index (χ0v) is 16.2. The van der Waals surface area contributed by atoms with Crippen LogP contribution < -0.4 is 11.1 Å². The van der Waals surface area contributed by atoms with Crippen LogP contribution in [0.4, 0.5) is 4.39 Å². The molecule has 3 aromatic rings. The zero-order valence-electron chi connectivity index (χ0n) is 16.2. The Morgan fingerprint density at radius 1 is 1.34 bits per heavy atom. The summed E-state index contributed by atoms with van der Waals surface area (Å²) in [6.07, 6.45) is 5.12. The molecule has 0 aromatic carbocycles. The fourth-order valence-electron chi connectivity index (χ4n) is 3.59. The molecule has 8 nitrogen and oxygen atoms in total. The number of rotatable bonds is 4. The van der Waals surface area contributed by atoms with Crippen LogP contribution in [0.25, 0.3) is 11.0 Å². The van der Waals surface area contributed by atoms with E-state index < -0.39 is 11.8 Å². The van der Waals surface area contributed by atoms with Gasteiger partial charge >= 0.3 is 0 Å². The topological polar surface area (TPSA) is 111 Å². The second-order valence-electron chi connectivity index (χ2n) is 7.74. The number of aliphatic imine (C=N–C) groups is 1. The van der Waals surface area contributed by atoms with Crippen molar-refractivity contribution in [3.63, 3.8) is 0 Å². The molecule has 1 aliphatic heterocycles. The third-order valence-corrected chi connectivity index (χ3v) is 5.73. The van der Waals surface area contributed by atoms with Crippen LogP contribution in [-0.2, 0) is 5.66 Å². The van der Waals surface area contributed by atoms with Gasteiger partial charge in [0.25, 0.3) is 0 Å². The molecule has 29 heavy (non-hydrogen) atoms. The fourth-order valence-corrected chi connectivity index (χ4v) is 3.59. The zero-order chi connectivity index (χ0) is 20.2. The number of halogens is 1. The van der Waals surface area contributed by atoms with Crippen LogP contribution in [0.15, 0.2) is 47.7 Å². The Bertz CT molecular complexity index is 1110. The first kappa shape index (κ1) is 17.9. The maximum atomic E-state index is 13.4. The molecule has 2 aliphatic rings. The van der Waals surface area contributed by atoms with Crippen LogP contribution in [0.5, 0.6) is 0 Å².